The summed E-state index contributed by atoms with van der Waals surface area (Å²) in [6.07, 6.45) is 7.21. The normalized spacial score (nSPS) is 26.1. The molecule has 0 amide bonds. The highest BCUT2D eigenvalue weighted by molar-refractivity contribution is 7.09. The van der Waals surface area contributed by atoms with Gasteiger partial charge in [0, 0.05) is 18.0 Å². The van der Waals surface area contributed by atoms with Crippen molar-refractivity contribution in [3.8, 4) is 0 Å². The van der Waals surface area contributed by atoms with E-state index in [1.165, 1.54) is 37.2 Å². The first-order chi connectivity index (χ1) is 9.46. The number of aromatic nitrogens is 1. The van der Waals surface area contributed by atoms with E-state index in [1.807, 2.05) is 17.5 Å². The van der Waals surface area contributed by atoms with Gasteiger partial charge in [0.05, 0.1) is 5.01 Å². The molecular weight excluding hydrogens is 264 g/mol. The van der Waals surface area contributed by atoms with E-state index in [9.17, 15) is 0 Å². The minimum absolute atomic E-state index is 0.510. The van der Waals surface area contributed by atoms with E-state index in [4.69, 9.17) is 0 Å². The summed E-state index contributed by atoms with van der Waals surface area (Å²) in [5, 5.41) is 7.10. The Morgan fingerprint density at radius 3 is 2.85 bits per heavy atom. The number of rotatable bonds is 6. The zero-order valence-electron chi connectivity index (χ0n) is 13.5. The highest BCUT2D eigenvalue weighted by atomic mass is 32.1. The zero-order valence-corrected chi connectivity index (χ0v) is 14.3. The molecule has 0 saturated heterocycles. The van der Waals surface area contributed by atoms with Crippen LogP contribution in [0.2, 0.25) is 0 Å². The van der Waals surface area contributed by atoms with Crippen LogP contribution in [0.3, 0.4) is 0 Å². The van der Waals surface area contributed by atoms with Crippen LogP contribution in [0.4, 0.5) is 0 Å². The molecule has 1 aliphatic carbocycles. The molecule has 2 atom stereocenters. The fraction of sp³-hybridized carbons (Fsp3) is 0.824. The van der Waals surface area contributed by atoms with E-state index in [0.717, 1.165) is 24.3 Å². The third-order valence-corrected chi connectivity index (χ3v) is 5.35. The number of hydrogen-bond acceptors (Lipinski definition) is 3. The van der Waals surface area contributed by atoms with Crippen LogP contribution in [-0.2, 0) is 6.42 Å². The Bertz CT molecular complexity index is 384. The van der Waals surface area contributed by atoms with Crippen molar-refractivity contribution in [1.29, 1.82) is 0 Å². The lowest BCUT2D eigenvalue weighted by atomic mass is 9.66. The fourth-order valence-electron chi connectivity index (χ4n) is 3.43. The molecule has 0 aliphatic heterocycles. The zero-order chi connectivity index (χ0) is 14.6. The molecule has 1 heterocycles. The summed E-state index contributed by atoms with van der Waals surface area (Å²) in [6, 6.07) is 0. The summed E-state index contributed by atoms with van der Waals surface area (Å²) in [6.45, 7) is 11.8. The molecule has 1 aromatic rings. The number of hydrogen-bond donors (Lipinski definition) is 1. The molecule has 114 valence electrons. The van der Waals surface area contributed by atoms with Crippen molar-refractivity contribution in [2.75, 3.05) is 13.1 Å². The van der Waals surface area contributed by atoms with Crippen LogP contribution in [-0.4, -0.2) is 18.1 Å². The quantitative estimate of drug-likeness (QED) is 0.842. The Morgan fingerprint density at radius 2 is 2.20 bits per heavy atom. The number of nitrogens with one attached hydrogen (secondary N) is 1. The molecule has 1 fully saturated rings. The molecule has 1 aromatic heterocycles. The van der Waals surface area contributed by atoms with Gasteiger partial charge in [0.15, 0.2) is 0 Å². The van der Waals surface area contributed by atoms with Crippen LogP contribution in [0.15, 0.2) is 11.6 Å². The van der Waals surface area contributed by atoms with Gasteiger partial charge < -0.3 is 5.32 Å². The van der Waals surface area contributed by atoms with Crippen molar-refractivity contribution in [2.24, 2.45) is 23.2 Å². The molecule has 1 N–H and O–H groups in total. The number of nitrogens with zero attached hydrogens (tertiary/aromatic N) is 1. The first kappa shape index (κ1) is 16.0. The molecule has 2 nitrogen and oxygen atoms in total. The van der Waals surface area contributed by atoms with Crippen LogP contribution in [0, 0.1) is 23.2 Å². The Kier molecular flexibility index (Phi) is 5.62. The maximum absolute atomic E-state index is 4.50. The average Bonchev–Trinajstić information content (AvgIpc) is 2.84. The van der Waals surface area contributed by atoms with E-state index in [1.54, 1.807) is 0 Å². The fourth-order valence-corrected chi connectivity index (χ4v) is 4.14. The van der Waals surface area contributed by atoms with Gasteiger partial charge in [-0.2, -0.15) is 0 Å². The minimum Gasteiger partial charge on any atom is -0.316 e. The van der Waals surface area contributed by atoms with E-state index >= 15 is 0 Å². The molecule has 2 unspecified atom stereocenters. The third kappa shape index (κ3) is 4.85. The van der Waals surface area contributed by atoms with Crippen molar-refractivity contribution in [2.45, 2.75) is 53.4 Å². The predicted molar refractivity (Wildman–Crippen MR) is 88.1 cm³/mol. The number of thiazole rings is 1. The lowest BCUT2D eigenvalue weighted by Crippen LogP contribution is -2.37. The molecule has 1 aliphatic rings. The monoisotopic (exact) mass is 294 g/mol. The Balaban J connectivity index is 1.93. The van der Waals surface area contributed by atoms with Crippen molar-refractivity contribution in [3.05, 3.63) is 16.6 Å². The highest BCUT2D eigenvalue weighted by Crippen LogP contribution is 2.43. The second-order valence-corrected chi connectivity index (χ2v) is 8.59. The van der Waals surface area contributed by atoms with Gasteiger partial charge in [-0.25, -0.2) is 4.98 Å². The topological polar surface area (TPSA) is 24.9 Å². The SMILES string of the molecule is CC(C)CNCC1CCC(C)(C)CC1Cc1nccs1. The Hall–Kier alpha value is -0.410. The van der Waals surface area contributed by atoms with Gasteiger partial charge in [0.2, 0.25) is 0 Å². The molecular formula is C17H30N2S. The first-order valence-corrected chi connectivity index (χ1v) is 8.93. The second-order valence-electron chi connectivity index (χ2n) is 7.61. The van der Waals surface area contributed by atoms with Crippen LogP contribution < -0.4 is 5.32 Å². The largest absolute Gasteiger partial charge is 0.316 e. The average molecular weight is 295 g/mol. The molecule has 0 bridgehead atoms. The van der Waals surface area contributed by atoms with Crippen molar-refractivity contribution >= 4 is 11.3 Å². The van der Waals surface area contributed by atoms with E-state index < -0.39 is 0 Å². The van der Waals surface area contributed by atoms with Crippen LogP contribution >= 0.6 is 11.3 Å². The molecule has 1 saturated carbocycles. The summed E-state index contributed by atoms with van der Waals surface area (Å²) in [7, 11) is 0. The van der Waals surface area contributed by atoms with Crippen molar-refractivity contribution in [1.82, 2.24) is 10.3 Å². The Labute approximate surface area is 128 Å². The van der Waals surface area contributed by atoms with E-state index in [-0.39, 0.29) is 0 Å². The summed E-state index contributed by atoms with van der Waals surface area (Å²) in [5.41, 5.74) is 0.510. The van der Waals surface area contributed by atoms with Crippen LogP contribution in [0.5, 0.6) is 0 Å². The van der Waals surface area contributed by atoms with Crippen molar-refractivity contribution < 1.29 is 0 Å². The molecule has 0 radical (unpaired) electrons. The lowest BCUT2D eigenvalue weighted by molar-refractivity contribution is 0.115. The van der Waals surface area contributed by atoms with Gasteiger partial charge in [-0.15, -0.1) is 11.3 Å². The maximum atomic E-state index is 4.50. The first-order valence-electron chi connectivity index (χ1n) is 8.05. The standard InChI is InChI=1S/C17H30N2S/c1-13(2)11-18-12-14-5-6-17(3,4)10-15(14)9-16-19-7-8-20-16/h7-8,13-15,18H,5-6,9-12H2,1-4H3. The lowest BCUT2D eigenvalue weighted by Gasteiger charge is -2.41. The third-order valence-electron chi connectivity index (χ3n) is 4.55. The van der Waals surface area contributed by atoms with Gasteiger partial charge in [-0.05, 0) is 55.5 Å². The molecule has 3 heteroatoms. The van der Waals surface area contributed by atoms with Gasteiger partial charge in [0.25, 0.3) is 0 Å². The Morgan fingerprint density at radius 1 is 1.40 bits per heavy atom. The summed E-state index contributed by atoms with van der Waals surface area (Å²) >= 11 is 1.82. The van der Waals surface area contributed by atoms with Gasteiger partial charge in [-0.3, -0.25) is 0 Å². The van der Waals surface area contributed by atoms with Gasteiger partial charge >= 0.3 is 0 Å². The van der Waals surface area contributed by atoms with E-state index in [2.05, 4.69) is 43.4 Å². The minimum atomic E-state index is 0.510. The van der Waals surface area contributed by atoms with Crippen LogP contribution in [0.1, 0.15) is 52.0 Å². The van der Waals surface area contributed by atoms with Gasteiger partial charge in [0.1, 0.15) is 0 Å². The van der Waals surface area contributed by atoms with Gasteiger partial charge in [-0.1, -0.05) is 27.7 Å². The predicted octanol–water partition coefficient (Wildman–Crippen LogP) is 4.37. The van der Waals surface area contributed by atoms with Crippen molar-refractivity contribution in [3.63, 3.8) is 0 Å². The molecule has 2 rings (SSSR count). The van der Waals surface area contributed by atoms with Crippen LogP contribution in [0.25, 0.3) is 0 Å². The second kappa shape index (κ2) is 7.04. The molecule has 0 aromatic carbocycles. The molecule has 0 spiro atoms. The summed E-state index contributed by atoms with van der Waals surface area (Å²) in [4.78, 5) is 4.50. The van der Waals surface area contributed by atoms with E-state index in [0.29, 0.717) is 5.41 Å². The maximum Gasteiger partial charge on any atom is 0.0927 e. The smallest absolute Gasteiger partial charge is 0.0927 e. The molecule has 20 heavy (non-hydrogen) atoms. The highest BCUT2D eigenvalue weighted by Gasteiger charge is 2.34. The summed E-state index contributed by atoms with van der Waals surface area (Å²) in [5.74, 6) is 2.36. The summed E-state index contributed by atoms with van der Waals surface area (Å²) < 4.78 is 0.